The van der Waals surface area contributed by atoms with Gasteiger partial charge in [-0.1, -0.05) is 6.42 Å². The number of nitrogens with one attached hydrogen (secondary N) is 1. The lowest BCUT2D eigenvalue weighted by Gasteiger charge is -2.23. The van der Waals surface area contributed by atoms with Crippen molar-refractivity contribution in [3.05, 3.63) is 0 Å². The molecule has 0 spiro atoms. The Kier molecular flexibility index (Phi) is 4.37. The van der Waals surface area contributed by atoms with Crippen LogP contribution in [0.1, 0.15) is 40.0 Å². The van der Waals surface area contributed by atoms with Crippen LogP contribution < -0.4 is 5.32 Å². The van der Waals surface area contributed by atoms with Gasteiger partial charge < -0.3 is 14.8 Å². The average Bonchev–Trinajstić information content (AvgIpc) is 2.61. The van der Waals surface area contributed by atoms with Gasteiger partial charge in [0.25, 0.3) is 0 Å². The molecule has 0 aromatic rings. The molecule has 0 saturated heterocycles. The van der Waals surface area contributed by atoms with Crippen molar-refractivity contribution in [1.82, 2.24) is 5.32 Å². The number of alkyl carbamates (subject to hydrolysis) is 1. The van der Waals surface area contributed by atoms with Crippen molar-refractivity contribution in [3.63, 3.8) is 0 Å². The van der Waals surface area contributed by atoms with E-state index in [4.69, 9.17) is 9.47 Å². The van der Waals surface area contributed by atoms with Gasteiger partial charge in [0.05, 0.1) is 13.0 Å². The third-order valence-electron chi connectivity index (χ3n) is 2.72. The van der Waals surface area contributed by atoms with Gasteiger partial charge in [0, 0.05) is 6.04 Å². The average molecular weight is 243 g/mol. The second kappa shape index (κ2) is 5.38. The Hall–Kier alpha value is -1.26. The van der Waals surface area contributed by atoms with E-state index in [1.807, 2.05) is 0 Å². The van der Waals surface area contributed by atoms with Gasteiger partial charge in [0.1, 0.15) is 5.60 Å². The van der Waals surface area contributed by atoms with E-state index in [2.05, 4.69) is 5.32 Å². The molecule has 0 bridgehead atoms. The van der Waals surface area contributed by atoms with E-state index in [9.17, 15) is 9.59 Å². The number of carbonyl (C=O) groups excluding carboxylic acids is 2. The van der Waals surface area contributed by atoms with Gasteiger partial charge in [-0.05, 0) is 33.6 Å². The zero-order valence-corrected chi connectivity index (χ0v) is 10.9. The Morgan fingerprint density at radius 2 is 1.88 bits per heavy atom. The fourth-order valence-corrected chi connectivity index (χ4v) is 2.03. The van der Waals surface area contributed by atoms with Gasteiger partial charge in [-0.2, -0.15) is 0 Å². The summed E-state index contributed by atoms with van der Waals surface area (Å²) in [7, 11) is 1.37. The Balaban J connectivity index is 2.50. The number of ether oxygens (including phenoxy) is 2. The fraction of sp³-hybridized carbons (Fsp3) is 0.833. The van der Waals surface area contributed by atoms with Crippen LogP contribution in [0.3, 0.4) is 0 Å². The normalized spacial score (nSPS) is 24.2. The maximum Gasteiger partial charge on any atom is 0.407 e. The second-order valence-corrected chi connectivity index (χ2v) is 5.31. The topological polar surface area (TPSA) is 64.6 Å². The molecule has 1 fully saturated rings. The molecule has 1 amide bonds. The van der Waals surface area contributed by atoms with E-state index < -0.39 is 11.7 Å². The summed E-state index contributed by atoms with van der Waals surface area (Å²) in [5, 5.41) is 2.74. The first kappa shape index (κ1) is 13.8. The van der Waals surface area contributed by atoms with Crippen LogP contribution in [-0.2, 0) is 14.3 Å². The molecule has 2 unspecified atom stereocenters. The molecule has 0 aliphatic heterocycles. The molecule has 5 heteroatoms. The number of esters is 1. The Bertz CT molecular complexity index is 295. The molecule has 0 aromatic heterocycles. The smallest absolute Gasteiger partial charge is 0.407 e. The summed E-state index contributed by atoms with van der Waals surface area (Å²) >= 11 is 0. The lowest BCUT2D eigenvalue weighted by atomic mass is 10.0. The number of rotatable bonds is 2. The van der Waals surface area contributed by atoms with Crippen LogP contribution in [0.4, 0.5) is 4.79 Å². The fourth-order valence-electron chi connectivity index (χ4n) is 2.03. The monoisotopic (exact) mass is 243 g/mol. The maximum atomic E-state index is 11.6. The van der Waals surface area contributed by atoms with Crippen molar-refractivity contribution in [2.24, 2.45) is 5.92 Å². The predicted octanol–water partition coefficient (Wildman–Crippen LogP) is 1.85. The van der Waals surface area contributed by atoms with Crippen LogP contribution in [0.25, 0.3) is 0 Å². The summed E-state index contributed by atoms with van der Waals surface area (Å²) in [4.78, 5) is 23.1. The number of carbonyl (C=O) groups is 2. The standard InChI is InChI=1S/C12H21NO4/c1-12(2,3)17-11(15)13-9-7-5-6-8(9)10(14)16-4/h8-9H,5-7H2,1-4H3,(H,13,15). The van der Waals surface area contributed by atoms with Crippen molar-refractivity contribution in [1.29, 1.82) is 0 Å². The first-order chi connectivity index (χ1) is 7.83. The number of hydrogen-bond acceptors (Lipinski definition) is 4. The molecule has 1 aliphatic rings. The van der Waals surface area contributed by atoms with Crippen LogP contribution in [0.5, 0.6) is 0 Å². The van der Waals surface area contributed by atoms with Crippen molar-refractivity contribution in [2.75, 3.05) is 7.11 Å². The number of amides is 1. The highest BCUT2D eigenvalue weighted by Gasteiger charge is 2.35. The summed E-state index contributed by atoms with van der Waals surface area (Å²) in [5.41, 5.74) is -0.524. The lowest BCUT2D eigenvalue weighted by molar-refractivity contribution is -0.145. The molecule has 98 valence electrons. The van der Waals surface area contributed by atoms with Gasteiger partial charge in [0.15, 0.2) is 0 Å². The van der Waals surface area contributed by atoms with E-state index in [1.165, 1.54) is 7.11 Å². The minimum Gasteiger partial charge on any atom is -0.469 e. The first-order valence-corrected chi connectivity index (χ1v) is 5.91. The molecular weight excluding hydrogens is 222 g/mol. The maximum absolute atomic E-state index is 11.6. The summed E-state index contributed by atoms with van der Waals surface area (Å²) in [5.74, 6) is -0.504. The molecule has 0 heterocycles. The number of hydrogen-bond donors (Lipinski definition) is 1. The minimum absolute atomic E-state index is 0.169. The first-order valence-electron chi connectivity index (χ1n) is 5.91. The predicted molar refractivity (Wildman–Crippen MR) is 62.5 cm³/mol. The van der Waals surface area contributed by atoms with E-state index in [0.29, 0.717) is 0 Å². The molecule has 1 N–H and O–H groups in total. The zero-order chi connectivity index (χ0) is 13.1. The Labute approximate surface area is 102 Å². The van der Waals surface area contributed by atoms with Gasteiger partial charge in [-0.15, -0.1) is 0 Å². The van der Waals surface area contributed by atoms with E-state index >= 15 is 0 Å². The molecule has 0 radical (unpaired) electrons. The highest BCUT2D eigenvalue weighted by atomic mass is 16.6. The highest BCUT2D eigenvalue weighted by Crippen LogP contribution is 2.27. The SMILES string of the molecule is COC(=O)C1CCCC1NC(=O)OC(C)(C)C. The zero-order valence-electron chi connectivity index (χ0n) is 10.9. The van der Waals surface area contributed by atoms with Crippen LogP contribution >= 0.6 is 0 Å². The van der Waals surface area contributed by atoms with Crippen LogP contribution in [-0.4, -0.2) is 30.8 Å². The van der Waals surface area contributed by atoms with Crippen molar-refractivity contribution in [2.45, 2.75) is 51.7 Å². The molecule has 17 heavy (non-hydrogen) atoms. The summed E-state index contributed by atoms with van der Waals surface area (Å²) < 4.78 is 9.87. The second-order valence-electron chi connectivity index (χ2n) is 5.31. The third-order valence-corrected chi connectivity index (χ3v) is 2.72. The van der Waals surface area contributed by atoms with Crippen molar-refractivity contribution >= 4 is 12.1 Å². The van der Waals surface area contributed by atoms with Crippen LogP contribution in [0.2, 0.25) is 0 Å². The largest absolute Gasteiger partial charge is 0.469 e. The summed E-state index contributed by atoms with van der Waals surface area (Å²) in [6, 6.07) is -0.169. The third kappa shape index (κ3) is 4.24. The lowest BCUT2D eigenvalue weighted by Crippen LogP contribution is -2.43. The summed E-state index contributed by atoms with van der Waals surface area (Å²) in [6.45, 7) is 5.41. The molecule has 2 atom stereocenters. The Morgan fingerprint density at radius 3 is 2.41 bits per heavy atom. The Morgan fingerprint density at radius 1 is 1.24 bits per heavy atom. The minimum atomic E-state index is -0.524. The number of methoxy groups -OCH3 is 1. The van der Waals surface area contributed by atoms with E-state index in [1.54, 1.807) is 20.8 Å². The highest BCUT2D eigenvalue weighted by molar-refractivity contribution is 5.75. The van der Waals surface area contributed by atoms with Crippen molar-refractivity contribution in [3.8, 4) is 0 Å². The molecule has 5 nitrogen and oxygen atoms in total. The van der Waals surface area contributed by atoms with Gasteiger partial charge in [-0.3, -0.25) is 4.79 Å². The van der Waals surface area contributed by atoms with Crippen molar-refractivity contribution < 1.29 is 19.1 Å². The quantitative estimate of drug-likeness (QED) is 0.752. The van der Waals surface area contributed by atoms with Gasteiger partial charge in [-0.25, -0.2) is 4.79 Å². The van der Waals surface area contributed by atoms with E-state index in [0.717, 1.165) is 19.3 Å². The van der Waals surface area contributed by atoms with E-state index in [-0.39, 0.29) is 17.9 Å². The molecule has 1 aliphatic carbocycles. The molecular formula is C12H21NO4. The molecule has 0 aromatic carbocycles. The molecule has 1 saturated carbocycles. The molecule has 1 rings (SSSR count). The van der Waals surface area contributed by atoms with Gasteiger partial charge >= 0.3 is 12.1 Å². The van der Waals surface area contributed by atoms with Gasteiger partial charge in [0.2, 0.25) is 0 Å². The summed E-state index contributed by atoms with van der Waals surface area (Å²) in [6.07, 6.45) is 1.99. The van der Waals surface area contributed by atoms with Crippen LogP contribution in [0.15, 0.2) is 0 Å². The van der Waals surface area contributed by atoms with Crippen LogP contribution in [0, 0.1) is 5.92 Å².